The molecule has 0 aromatic heterocycles. The third kappa shape index (κ3) is 11.5. The zero-order valence-corrected chi connectivity index (χ0v) is 42.9. The molecule has 5 rings (SSSR count). The fourth-order valence-corrected chi connectivity index (χ4v) is 11.4. The molecule has 1 aromatic carbocycles. The van der Waals surface area contributed by atoms with Crippen molar-refractivity contribution in [3.8, 4) is 0 Å². The first kappa shape index (κ1) is 53.8. The van der Waals surface area contributed by atoms with E-state index < -0.39 is 102 Å². The van der Waals surface area contributed by atoms with Gasteiger partial charge in [0.15, 0.2) is 18.2 Å². The Bertz CT molecular complexity index is 1810. The quantitative estimate of drug-likeness (QED) is 0.200. The second kappa shape index (κ2) is 21.7. The summed E-state index contributed by atoms with van der Waals surface area (Å²) in [4.78, 5) is 48.0. The van der Waals surface area contributed by atoms with Crippen LogP contribution in [0.15, 0.2) is 18.2 Å². The van der Waals surface area contributed by atoms with E-state index in [-0.39, 0.29) is 49.8 Å². The Hall–Kier alpha value is -2.11. The summed E-state index contributed by atoms with van der Waals surface area (Å²) in [7, 11) is 5.26. The summed E-state index contributed by atoms with van der Waals surface area (Å²) in [5.74, 6) is -3.64. The van der Waals surface area contributed by atoms with E-state index in [1.54, 1.807) is 51.8 Å². The number of rotatable bonds is 12. The minimum Gasteiger partial charge on any atom is -0.458 e. The standard InChI is InChI=1S/C49H78Cl2N2O12/c1-16-37-49(12)42(53(46(57)65-49)20-19-33-17-18-35(50)36(51)22-33)29(6)40(54)27(4)24-48(11,59-15)44(64-38-23-34(21-28(5)60-38)52(13)26(2)3)30(7)41(31(8)45(56)62-37)63-39-25-47(10,58-14)43(55)32(9)61-39/h17-18,22,26-32,34,37-39,41-44,55H,16,19-21,23-25H2,1-15H3/t27-,28-,29+,30+,31-,32+,34+,37-,38+,39+,41+,42-,43+,44-,47-,48+,49-/m1/s1. The monoisotopic (exact) mass is 956 g/mol. The van der Waals surface area contributed by atoms with Crippen molar-refractivity contribution in [1.29, 1.82) is 0 Å². The molecule has 0 saturated carbocycles. The lowest BCUT2D eigenvalue weighted by atomic mass is 9.73. The molecule has 16 heteroatoms. The van der Waals surface area contributed by atoms with Crippen molar-refractivity contribution in [1.82, 2.24) is 9.80 Å². The second-order valence-electron chi connectivity index (χ2n) is 20.3. The number of ether oxygens (including phenoxy) is 8. The number of cyclic esters (lactones) is 1. The first-order chi connectivity index (χ1) is 30.3. The smallest absolute Gasteiger partial charge is 0.410 e. The van der Waals surface area contributed by atoms with Crippen LogP contribution in [-0.4, -0.2) is 145 Å². The summed E-state index contributed by atoms with van der Waals surface area (Å²) >= 11 is 12.6. The number of hydrogen-bond acceptors (Lipinski definition) is 13. The maximum Gasteiger partial charge on any atom is 0.410 e. The van der Waals surface area contributed by atoms with E-state index >= 15 is 4.79 Å². The third-order valence-electron chi connectivity index (χ3n) is 15.3. The molecule has 4 aliphatic heterocycles. The first-order valence-electron chi connectivity index (χ1n) is 23.6. The largest absolute Gasteiger partial charge is 0.458 e. The fraction of sp³-hybridized carbons (Fsp3) is 0.816. The zero-order chi connectivity index (χ0) is 48.5. The number of aliphatic hydroxyl groups excluding tert-OH is 1. The molecule has 0 radical (unpaired) electrons. The van der Waals surface area contributed by atoms with Crippen molar-refractivity contribution >= 4 is 41.0 Å². The van der Waals surface area contributed by atoms with Crippen molar-refractivity contribution in [2.24, 2.45) is 23.7 Å². The van der Waals surface area contributed by atoms with Crippen LogP contribution in [0, 0.1) is 23.7 Å². The van der Waals surface area contributed by atoms with Crippen LogP contribution in [0.3, 0.4) is 0 Å². The summed E-state index contributed by atoms with van der Waals surface area (Å²) in [6.07, 6.45) is -4.14. The highest BCUT2D eigenvalue weighted by Crippen LogP contribution is 2.45. The molecule has 1 amide bonds. The van der Waals surface area contributed by atoms with Crippen LogP contribution in [-0.2, 0) is 53.9 Å². The van der Waals surface area contributed by atoms with Crippen LogP contribution in [0.2, 0.25) is 10.0 Å². The second-order valence-corrected chi connectivity index (χ2v) is 21.2. The van der Waals surface area contributed by atoms with Crippen LogP contribution < -0.4 is 0 Å². The molecule has 17 atom stereocenters. The van der Waals surface area contributed by atoms with Crippen LogP contribution in [0.1, 0.15) is 121 Å². The van der Waals surface area contributed by atoms with Crippen LogP contribution in [0.5, 0.6) is 0 Å². The van der Waals surface area contributed by atoms with Crippen molar-refractivity contribution < 1.29 is 57.4 Å². The lowest BCUT2D eigenvalue weighted by Gasteiger charge is -2.49. The normalized spacial score (nSPS) is 41.3. The van der Waals surface area contributed by atoms with Gasteiger partial charge in [0.05, 0.1) is 57.6 Å². The SMILES string of the molecule is CC[C@H]1OC(=O)[C@H](C)[C@@H](O[C@H]2C[C@@](C)(OC)[C@@H](O)[C@H](C)O2)[C@H](C)[C@@H](O[C@H]2C[C@@H](N(C)C(C)C)C[C@@H](C)O2)[C@@](C)(OC)C[C@@H](C)C(=O)[C@H](C)[C@H]2N(CCc3ccc(Cl)c(Cl)c3)C(=O)O[C@]12C. The number of ketones is 1. The van der Waals surface area contributed by atoms with Gasteiger partial charge in [-0.3, -0.25) is 14.5 Å². The molecule has 0 aliphatic carbocycles. The van der Waals surface area contributed by atoms with E-state index in [1.165, 1.54) is 7.11 Å². The van der Waals surface area contributed by atoms with E-state index in [1.807, 2.05) is 47.6 Å². The minimum atomic E-state index is -1.43. The van der Waals surface area contributed by atoms with Gasteiger partial charge in [0.25, 0.3) is 0 Å². The highest BCUT2D eigenvalue weighted by Gasteiger charge is 2.60. The molecular formula is C49H78Cl2N2O12. The molecule has 1 aromatic rings. The van der Waals surface area contributed by atoms with Crippen molar-refractivity contribution in [2.75, 3.05) is 27.8 Å². The van der Waals surface area contributed by atoms with E-state index in [0.717, 1.165) is 12.0 Å². The number of aliphatic hydroxyl groups is 1. The van der Waals surface area contributed by atoms with Gasteiger partial charge in [0.2, 0.25) is 0 Å². The van der Waals surface area contributed by atoms with Gasteiger partial charge in [-0.15, -0.1) is 0 Å². The molecule has 0 bridgehead atoms. The number of halogens is 2. The van der Waals surface area contributed by atoms with Gasteiger partial charge in [-0.2, -0.15) is 0 Å². The van der Waals surface area contributed by atoms with Gasteiger partial charge in [-0.05, 0) is 106 Å². The molecule has 370 valence electrons. The Balaban J connectivity index is 1.62. The molecule has 0 unspecified atom stereocenters. The van der Waals surface area contributed by atoms with Gasteiger partial charge in [-0.25, -0.2) is 4.79 Å². The number of Topliss-reactive ketones (excluding diaryl/α,β-unsaturated/α-hetero) is 1. The summed E-state index contributed by atoms with van der Waals surface area (Å²) < 4.78 is 52.2. The van der Waals surface area contributed by atoms with Crippen molar-refractivity contribution in [3.05, 3.63) is 33.8 Å². The summed E-state index contributed by atoms with van der Waals surface area (Å²) in [6, 6.07) is 4.95. The Morgan fingerprint density at radius 1 is 0.892 bits per heavy atom. The molecule has 0 spiro atoms. The maximum atomic E-state index is 15.1. The lowest BCUT2D eigenvalue weighted by molar-refractivity contribution is -0.309. The minimum absolute atomic E-state index is 0.114. The Morgan fingerprint density at radius 2 is 1.55 bits per heavy atom. The Kier molecular flexibility index (Phi) is 18.0. The molecule has 4 heterocycles. The molecule has 1 N–H and O–H groups in total. The van der Waals surface area contributed by atoms with Gasteiger partial charge >= 0.3 is 12.1 Å². The molecule has 65 heavy (non-hydrogen) atoms. The number of hydrogen-bond donors (Lipinski definition) is 1. The zero-order valence-electron chi connectivity index (χ0n) is 41.4. The van der Waals surface area contributed by atoms with E-state index in [0.29, 0.717) is 22.9 Å². The molecule has 4 saturated heterocycles. The number of nitrogens with zero attached hydrogens (tertiary/aromatic N) is 2. The van der Waals surface area contributed by atoms with Crippen LogP contribution in [0.25, 0.3) is 0 Å². The molecular weight excluding hydrogens is 879 g/mol. The maximum absolute atomic E-state index is 15.1. The number of esters is 1. The average Bonchev–Trinajstić information content (AvgIpc) is 3.52. The number of amides is 1. The Morgan fingerprint density at radius 3 is 2.15 bits per heavy atom. The highest BCUT2D eigenvalue weighted by molar-refractivity contribution is 6.42. The number of fused-ring (bicyclic) bond motifs is 1. The predicted octanol–water partition coefficient (Wildman–Crippen LogP) is 8.26. The number of carbonyl (C=O) groups is 3. The summed E-state index contributed by atoms with van der Waals surface area (Å²) in [6.45, 7) is 23.1. The number of carbonyl (C=O) groups excluding carboxylic acids is 3. The van der Waals surface area contributed by atoms with Crippen molar-refractivity contribution in [2.45, 2.75) is 206 Å². The van der Waals surface area contributed by atoms with E-state index in [2.05, 4.69) is 25.8 Å². The van der Waals surface area contributed by atoms with Gasteiger partial charge in [-0.1, -0.05) is 57.0 Å². The van der Waals surface area contributed by atoms with E-state index in [9.17, 15) is 14.7 Å². The summed E-state index contributed by atoms with van der Waals surface area (Å²) in [5.41, 5.74) is -2.75. The summed E-state index contributed by atoms with van der Waals surface area (Å²) in [5, 5.41) is 11.9. The first-order valence-corrected chi connectivity index (χ1v) is 24.4. The average molecular weight is 958 g/mol. The third-order valence-corrected chi connectivity index (χ3v) is 16.1. The van der Waals surface area contributed by atoms with Gasteiger partial charge in [0, 0.05) is 63.4 Å². The number of benzene rings is 1. The van der Waals surface area contributed by atoms with Gasteiger partial charge < -0.3 is 47.9 Å². The van der Waals surface area contributed by atoms with Crippen LogP contribution >= 0.6 is 23.2 Å². The van der Waals surface area contributed by atoms with Gasteiger partial charge in [0.1, 0.15) is 18.0 Å². The number of methoxy groups -OCH3 is 2. The topological polar surface area (TPSA) is 152 Å². The highest BCUT2D eigenvalue weighted by atomic mass is 35.5. The molecule has 4 fully saturated rings. The molecule has 14 nitrogen and oxygen atoms in total. The van der Waals surface area contributed by atoms with Crippen molar-refractivity contribution in [3.63, 3.8) is 0 Å². The predicted molar refractivity (Wildman–Crippen MR) is 248 cm³/mol. The fourth-order valence-electron chi connectivity index (χ4n) is 11.1. The van der Waals surface area contributed by atoms with E-state index in [4.69, 9.17) is 61.1 Å². The molecule has 4 aliphatic rings. The lowest BCUT2D eigenvalue weighted by Crippen LogP contribution is -2.60. The van der Waals surface area contributed by atoms with Crippen LogP contribution in [0.4, 0.5) is 4.79 Å². The Labute approximate surface area is 397 Å².